The highest BCUT2D eigenvalue weighted by Gasteiger charge is 2.32. The van der Waals surface area contributed by atoms with Crippen molar-refractivity contribution in [3.05, 3.63) is 102 Å². The first kappa shape index (κ1) is 27.5. The zero-order valence-electron chi connectivity index (χ0n) is 23.1. The number of carbonyl (C=O) groups excluding carboxylic acids is 2. The third-order valence-corrected chi connectivity index (χ3v) is 8.09. The van der Waals surface area contributed by atoms with E-state index in [1.807, 2.05) is 72.6 Å². The van der Waals surface area contributed by atoms with Gasteiger partial charge in [0.1, 0.15) is 6.04 Å². The molecule has 0 unspecified atom stereocenters. The molecule has 5 rings (SSSR count). The number of aromatic nitrogens is 1. The number of amides is 3. The van der Waals surface area contributed by atoms with E-state index in [9.17, 15) is 9.59 Å². The van der Waals surface area contributed by atoms with Crippen LogP contribution < -0.4 is 16.4 Å². The van der Waals surface area contributed by atoms with E-state index in [1.165, 1.54) is 5.56 Å². The number of nitrogens with two attached hydrogens (primary N) is 1. The summed E-state index contributed by atoms with van der Waals surface area (Å²) in [6.45, 7) is 3.93. The zero-order valence-corrected chi connectivity index (χ0v) is 23.1. The van der Waals surface area contributed by atoms with Gasteiger partial charge in [0.25, 0.3) is 0 Å². The van der Waals surface area contributed by atoms with E-state index >= 15 is 0 Å². The third kappa shape index (κ3) is 6.37. The fraction of sp³-hybridized carbons (Fsp3) is 0.333. The van der Waals surface area contributed by atoms with Crippen molar-refractivity contribution >= 4 is 28.5 Å². The number of fused-ring (bicyclic) bond motifs is 1. The van der Waals surface area contributed by atoms with E-state index in [-0.39, 0.29) is 17.9 Å². The maximum atomic E-state index is 13.8. The van der Waals surface area contributed by atoms with Crippen molar-refractivity contribution in [1.29, 1.82) is 0 Å². The summed E-state index contributed by atoms with van der Waals surface area (Å²) >= 11 is 0. The minimum atomic E-state index is -0.758. The minimum absolute atomic E-state index is 0.199. The predicted molar refractivity (Wildman–Crippen MR) is 161 cm³/mol. The monoisotopic (exact) mass is 537 g/mol. The van der Waals surface area contributed by atoms with Gasteiger partial charge in [0, 0.05) is 41.8 Å². The highest BCUT2D eigenvalue weighted by Crippen LogP contribution is 2.30. The summed E-state index contributed by atoms with van der Waals surface area (Å²) in [5.41, 5.74) is 10.8. The molecule has 40 heavy (non-hydrogen) atoms. The Hall–Kier alpha value is -4.10. The molecule has 7 nitrogen and oxygen atoms in total. The zero-order chi connectivity index (χ0) is 27.9. The van der Waals surface area contributed by atoms with Crippen LogP contribution in [0.3, 0.4) is 0 Å². The molecule has 0 spiro atoms. The lowest BCUT2D eigenvalue weighted by molar-refractivity contribution is -0.118. The molecule has 3 amide bonds. The molecule has 0 bridgehead atoms. The molecule has 0 aliphatic carbocycles. The Morgan fingerprint density at radius 2 is 1.75 bits per heavy atom. The number of aryl methyl sites for hydroxylation is 1. The Morgan fingerprint density at radius 1 is 1.00 bits per heavy atom. The summed E-state index contributed by atoms with van der Waals surface area (Å²) < 4.78 is 0. The molecule has 1 aliphatic heterocycles. The number of piperidine rings is 1. The summed E-state index contributed by atoms with van der Waals surface area (Å²) in [6, 6.07) is 25.4. The molecular formula is C33H39N5O2. The lowest BCUT2D eigenvalue weighted by Gasteiger charge is -2.34. The normalized spacial score (nSPS) is 15.5. The van der Waals surface area contributed by atoms with E-state index in [1.54, 1.807) is 0 Å². The molecule has 7 heteroatoms. The van der Waals surface area contributed by atoms with Crippen molar-refractivity contribution < 1.29 is 9.59 Å². The second kappa shape index (κ2) is 12.8. The first-order chi connectivity index (χ1) is 19.5. The van der Waals surface area contributed by atoms with Crippen molar-refractivity contribution in [2.45, 2.75) is 50.5 Å². The van der Waals surface area contributed by atoms with Crippen LogP contribution in [0.1, 0.15) is 54.7 Å². The van der Waals surface area contributed by atoms with Gasteiger partial charge in [0.2, 0.25) is 5.91 Å². The number of likely N-dealkylation sites (tertiary alicyclic amines) is 1. The third-order valence-electron chi connectivity index (χ3n) is 8.09. The Kier molecular flexibility index (Phi) is 8.81. The van der Waals surface area contributed by atoms with Crippen molar-refractivity contribution in [1.82, 2.24) is 15.2 Å². The number of carbonyl (C=O) groups is 2. The van der Waals surface area contributed by atoms with Crippen LogP contribution >= 0.6 is 0 Å². The number of hydrogen-bond donors (Lipinski definition) is 4. The molecule has 4 aromatic rings. The standard InChI is InChI=1S/C33H39N5O2/c1-23(29-22-35-30-15-6-5-14-28(29)30)31(32(39)36-27-13-7-9-24(21-27)10-8-18-34)37-33(40)38-19-16-26(17-20-38)25-11-3-2-4-12-25/h2-7,9,11-15,21-23,26,31,35H,8,10,16-20,34H2,1H3,(H,36,39)(H,37,40)/t23-,31+/m0/s1. The topological polar surface area (TPSA) is 103 Å². The van der Waals surface area contributed by atoms with Crippen LogP contribution in [0.25, 0.3) is 10.9 Å². The molecule has 3 aromatic carbocycles. The Morgan fingerprint density at radius 3 is 2.52 bits per heavy atom. The van der Waals surface area contributed by atoms with Gasteiger partial charge in [0.05, 0.1) is 0 Å². The lowest BCUT2D eigenvalue weighted by atomic mass is 9.89. The van der Waals surface area contributed by atoms with E-state index in [2.05, 4.69) is 39.9 Å². The number of para-hydroxylation sites is 1. The number of aromatic amines is 1. The first-order valence-electron chi connectivity index (χ1n) is 14.3. The number of hydrogen-bond acceptors (Lipinski definition) is 3. The fourth-order valence-electron chi connectivity index (χ4n) is 5.76. The van der Waals surface area contributed by atoms with Gasteiger partial charge in [-0.1, -0.05) is 67.6 Å². The van der Waals surface area contributed by atoms with Crippen molar-refractivity contribution in [3.63, 3.8) is 0 Å². The summed E-state index contributed by atoms with van der Waals surface area (Å²) in [5, 5.41) is 7.23. The van der Waals surface area contributed by atoms with Crippen molar-refractivity contribution in [2.75, 3.05) is 25.0 Å². The molecule has 2 heterocycles. The van der Waals surface area contributed by atoms with Gasteiger partial charge in [-0.2, -0.15) is 0 Å². The van der Waals surface area contributed by atoms with Gasteiger partial charge in [-0.3, -0.25) is 4.79 Å². The molecule has 1 saturated heterocycles. The summed E-state index contributed by atoms with van der Waals surface area (Å²) in [6.07, 6.45) is 5.49. The molecule has 2 atom stereocenters. The molecule has 5 N–H and O–H groups in total. The highest BCUT2D eigenvalue weighted by molar-refractivity contribution is 5.98. The summed E-state index contributed by atoms with van der Waals surface area (Å²) in [5.74, 6) is -0.0512. The van der Waals surface area contributed by atoms with Gasteiger partial charge < -0.3 is 26.3 Å². The van der Waals surface area contributed by atoms with Gasteiger partial charge in [-0.15, -0.1) is 0 Å². The number of urea groups is 1. The summed E-state index contributed by atoms with van der Waals surface area (Å²) in [7, 11) is 0. The van der Waals surface area contributed by atoms with Gasteiger partial charge in [-0.05, 0) is 73.0 Å². The van der Waals surface area contributed by atoms with Crippen LogP contribution in [0.5, 0.6) is 0 Å². The molecule has 208 valence electrons. The van der Waals surface area contributed by atoms with E-state index in [0.717, 1.165) is 47.7 Å². The van der Waals surface area contributed by atoms with E-state index in [4.69, 9.17) is 5.73 Å². The average molecular weight is 538 g/mol. The minimum Gasteiger partial charge on any atom is -0.361 e. The molecule has 0 radical (unpaired) electrons. The largest absolute Gasteiger partial charge is 0.361 e. The van der Waals surface area contributed by atoms with Crippen LogP contribution in [0.4, 0.5) is 10.5 Å². The van der Waals surface area contributed by atoms with Crippen LogP contribution in [0.2, 0.25) is 0 Å². The Balaban J connectivity index is 1.33. The van der Waals surface area contributed by atoms with Crippen LogP contribution in [-0.4, -0.2) is 47.5 Å². The Bertz CT molecular complexity index is 1430. The fourth-order valence-corrected chi connectivity index (χ4v) is 5.76. The molecule has 1 aromatic heterocycles. The number of anilines is 1. The van der Waals surface area contributed by atoms with Crippen LogP contribution in [0, 0.1) is 0 Å². The average Bonchev–Trinajstić information content (AvgIpc) is 3.43. The highest BCUT2D eigenvalue weighted by atomic mass is 16.2. The number of nitrogens with one attached hydrogen (secondary N) is 3. The molecule has 1 aliphatic rings. The quantitative estimate of drug-likeness (QED) is 0.218. The first-order valence-corrected chi connectivity index (χ1v) is 14.3. The van der Waals surface area contributed by atoms with Gasteiger partial charge in [0.15, 0.2) is 0 Å². The van der Waals surface area contributed by atoms with Gasteiger partial charge >= 0.3 is 6.03 Å². The van der Waals surface area contributed by atoms with E-state index < -0.39 is 6.04 Å². The number of rotatable bonds is 9. The van der Waals surface area contributed by atoms with Crippen molar-refractivity contribution in [3.8, 4) is 0 Å². The molecular weight excluding hydrogens is 498 g/mol. The Labute approximate surface area is 236 Å². The summed E-state index contributed by atoms with van der Waals surface area (Å²) in [4.78, 5) is 32.5. The molecule has 1 fully saturated rings. The van der Waals surface area contributed by atoms with Gasteiger partial charge in [-0.25, -0.2) is 4.79 Å². The SMILES string of the molecule is C[C@@H](c1c[nH]c2ccccc12)[C@@H](NC(=O)N1CCC(c2ccccc2)CC1)C(=O)Nc1cccc(CCCN)c1. The number of benzene rings is 3. The maximum Gasteiger partial charge on any atom is 0.318 e. The number of H-pyrrole nitrogens is 1. The van der Waals surface area contributed by atoms with Crippen LogP contribution in [0.15, 0.2) is 85.1 Å². The maximum absolute atomic E-state index is 13.8. The predicted octanol–water partition coefficient (Wildman–Crippen LogP) is 5.76. The lowest BCUT2D eigenvalue weighted by Crippen LogP contribution is -2.53. The smallest absolute Gasteiger partial charge is 0.318 e. The molecule has 0 saturated carbocycles. The van der Waals surface area contributed by atoms with Crippen molar-refractivity contribution in [2.24, 2.45) is 5.73 Å². The number of nitrogens with zero attached hydrogens (tertiary/aromatic N) is 1. The van der Waals surface area contributed by atoms with E-state index in [0.29, 0.717) is 31.2 Å². The second-order valence-electron chi connectivity index (χ2n) is 10.8. The second-order valence-corrected chi connectivity index (χ2v) is 10.8. The van der Waals surface area contributed by atoms with Crippen LogP contribution in [-0.2, 0) is 11.2 Å².